The minimum atomic E-state index is -0.183. The Morgan fingerprint density at radius 2 is 0.701 bits per heavy atom. The molecule has 4 aliphatic rings. The fourth-order valence-electron chi connectivity index (χ4n) is 19.3. The van der Waals surface area contributed by atoms with E-state index in [0.717, 1.165) is 34.1 Å². The lowest BCUT2D eigenvalue weighted by molar-refractivity contribution is 0.332. The van der Waals surface area contributed by atoms with Gasteiger partial charge in [-0.1, -0.05) is 256 Å². The van der Waals surface area contributed by atoms with Gasteiger partial charge in [0.05, 0.1) is 27.8 Å². The van der Waals surface area contributed by atoms with Crippen molar-refractivity contribution in [2.75, 3.05) is 9.80 Å². The van der Waals surface area contributed by atoms with Crippen LogP contribution in [-0.2, 0) is 37.9 Å². The van der Waals surface area contributed by atoms with E-state index in [1.54, 1.807) is 0 Å². The zero-order chi connectivity index (χ0) is 74.7. The van der Waals surface area contributed by atoms with Crippen molar-refractivity contribution in [1.82, 2.24) is 9.13 Å². The third-order valence-corrected chi connectivity index (χ3v) is 25.8. The van der Waals surface area contributed by atoms with Crippen LogP contribution in [0.15, 0.2) is 231 Å². The van der Waals surface area contributed by atoms with Crippen LogP contribution in [0.4, 0.5) is 34.1 Å². The first kappa shape index (κ1) is 68.7. The molecule has 0 amide bonds. The second kappa shape index (κ2) is 23.7. The maximum absolute atomic E-state index is 2.66. The highest BCUT2D eigenvalue weighted by atomic mass is 15.2. The number of aromatic nitrogens is 2. The number of hydrogen-bond acceptors (Lipinski definition) is 2. The van der Waals surface area contributed by atoms with Crippen LogP contribution in [0.1, 0.15) is 193 Å². The summed E-state index contributed by atoms with van der Waals surface area (Å²) in [7, 11) is 0. The summed E-state index contributed by atoms with van der Waals surface area (Å²) < 4.78 is 5.14. The summed E-state index contributed by atoms with van der Waals surface area (Å²) in [5.41, 5.74) is 37.8. The molecule has 534 valence electrons. The number of fused-ring (bicyclic) bond motifs is 12. The minimum Gasteiger partial charge on any atom is -0.311 e. The quantitative estimate of drug-likeness (QED) is 0.148. The summed E-state index contributed by atoms with van der Waals surface area (Å²) in [6, 6.07) is 91.8. The van der Waals surface area contributed by atoms with Crippen LogP contribution in [-0.4, -0.2) is 15.8 Å². The zero-order valence-electron chi connectivity index (χ0n) is 66.6. The lowest BCUT2D eigenvalue weighted by Gasteiger charge is -2.45. The summed E-state index contributed by atoms with van der Waals surface area (Å²) in [5, 5.41) is 5.08. The van der Waals surface area contributed by atoms with Crippen LogP contribution in [0.2, 0.25) is 0 Å². The molecule has 18 rings (SSSR count). The maximum Gasteiger partial charge on any atom is 0.252 e. The minimum absolute atomic E-state index is 0.0387. The lowest BCUT2D eigenvalue weighted by Crippen LogP contribution is -2.61. The summed E-state index contributed by atoms with van der Waals surface area (Å²) in [6.07, 6.45) is 4.71. The van der Waals surface area contributed by atoms with Crippen molar-refractivity contribution in [2.45, 2.75) is 195 Å². The van der Waals surface area contributed by atoms with E-state index in [9.17, 15) is 0 Å². The van der Waals surface area contributed by atoms with Crippen molar-refractivity contribution in [3.8, 4) is 44.8 Å². The van der Waals surface area contributed by atoms with E-state index in [4.69, 9.17) is 0 Å². The standard InChI is InChI=1S/C102H103BN4/c1-62-24-43-87-76(52-62)77-53-63(2)25-44-88(77)107(87)74-60-93-95-94(61-74)105(72-37-28-65(29-38-72)67-31-41-82-84(55-67)102(18,19)51-49-100(82,14)15)92-59-73(106-89-46-33-69(96(3,4)5)57-78(89)79-58-70(97(6,7)8)34-47-90(79)106)39-42-85(92)103(95)86-56-68(75-22-20-21-23-80(75)98(9,10)11)32-45-91(86)104(93)71-35-26-64(27-36-71)66-30-40-81-83(54-66)101(16,17)50-48-99(81,12)13/h20-47,52-61H,48-51H2,1-19H3. The molecule has 0 bridgehead atoms. The van der Waals surface area contributed by atoms with Gasteiger partial charge in [0.2, 0.25) is 0 Å². The Bertz CT molecular complexity index is 5910. The molecule has 0 fully saturated rings. The molecule has 2 aliphatic heterocycles. The van der Waals surface area contributed by atoms with Crippen LogP contribution >= 0.6 is 0 Å². The first-order valence-corrected chi connectivity index (χ1v) is 39.5. The molecule has 0 unspecified atom stereocenters. The van der Waals surface area contributed by atoms with Gasteiger partial charge < -0.3 is 18.9 Å². The number of benzene rings is 12. The average Bonchev–Trinajstić information content (AvgIpc) is 1.35. The molecule has 0 spiro atoms. The molecule has 2 aromatic heterocycles. The van der Waals surface area contributed by atoms with Crippen molar-refractivity contribution < 1.29 is 0 Å². The van der Waals surface area contributed by atoms with Crippen molar-refractivity contribution in [3.63, 3.8) is 0 Å². The van der Waals surface area contributed by atoms with Gasteiger partial charge in [-0.25, -0.2) is 0 Å². The molecule has 0 saturated heterocycles. The predicted octanol–water partition coefficient (Wildman–Crippen LogP) is 26.2. The molecule has 0 atom stereocenters. The third kappa shape index (κ3) is 11.0. The summed E-state index contributed by atoms with van der Waals surface area (Å²) in [4.78, 5) is 5.29. The molecule has 14 aromatic rings. The van der Waals surface area contributed by atoms with Gasteiger partial charge in [-0.3, -0.25) is 0 Å². The monoisotopic (exact) mass is 1390 g/mol. The topological polar surface area (TPSA) is 16.3 Å². The Morgan fingerprint density at radius 3 is 1.18 bits per heavy atom. The molecule has 4 nitrogen and oxygen atoms in total. The van der Waals surface area contributed by atoms with Crippen LogP contribution in [0.3, 0.4) is 0 Å². The highest BCUT2D eigenvalue weighted by Gasteiger charge is 2.46. The second-order valence-electron chi connectivity index (χ2n) is 38.1. The molecule has 2 aliphatic carbocycles. The van der Waals surface area contributed by atoms with Crippen LogP contribution < -0.4 is 26.2 Å². The van der Waals surface area contributed by atoms with Crippen LogP contribution in [0, 0.1) is 13.8 Å². The van der Waals surface area contributed by atoms with Gasteiger partial charge in [-0.2, -0.15) is 0 Å². The molecule has 0 N–H and O–H groups in total. The van der Waals surface area contributed by atoms with E-state index in [-0.39, 0.29) is 44.6 Å². The van der Waals surface area contributed by atoms with Crippen LogP contribution in [0.5, 0.6) is 0 Å². The number of hydrogen-bond donors (Lipinski definition) is 0. The highest BCUT2D eigenvalue weighted by Crippen LogP contribution is 2.53. The van der Waals surface area contributed by atoms with Crippen LogP contribution in [0.25, 0.3) is 88.4 Å². The van der Waals surface area contributed by atoms with Gasteiger partial charge in [0.15, 0.2) is 0 Å². The van der Waals surface area contributed by atoms with E-state index < -0.39 is 0 Å². The van der Waals surface area contributed by atoms with Crippen molar-refractivity contribution in [2.24, 2.45) is 0 Å². The molecular formula is C102H103BN4. The lowest BCUT2D eigenvalue weighted by atomic mass is 9.33. The van der Waals surface area contributed by atoms with Gasteiger partial charge in [0.25, 0.3) is 6.71 Å². The summed E-state index contributed by atoms with van der Waals surface area (Å²) in [5.74, 6) is 0. The molecule has 12 aromatic carbocycles. The van der Waals surface area contributed by atoms with Crippen molar-refractivity contribution in [3.05, 3.63) is 281 Å². The number of rotatable bonds is 7. The molecule has 0 radical (unpaired) electrons. The summed E-state index contributed by atoms with van der Waals surface area (Å²) in [6.45, 7) is 44.9. The normalized spacial score (nSPS) is 16.3. The molecule has 4 heterocycles. The largest absolute Gasteiger partial charge is 0.311 e. The van der Waals surface area contributed by atoms with E-state index in [0.29, 0.717) is 0 Å². The van der Waals surface area contributed by atoms with E-state index in [1.807, 2.05) is 0 Å². The first-order valence-electron chi connectivity index (χ1n) is 39.5. The fraction of sp³-hybridized carbons (Fsp3) is 0.294. The Labute approximate surface area is 636 Å². The van der Waals surface area contributed by atoms with Gasteiger partial charge in [0.1, 0.15) is 0 Å². The van der Waals surface area contributed by atoms with E-state index in [2.05, 4.69) is 381 Å². The first-order chi connectivity index (χ1) is 50.7. The van der Waals surface area contributed by atoms with Gasteiger partial charge in [-0.05, 0) is 269 Å². The average molecular weight is 1400 g/mol. The number of anilines is 6. The number of nitrogens with zero attached hydrogens (tertiary/aromatic N) is 4. The molecule has 107 heavy (non-hydrogen) atoms. The zero-order valence-corrected chi connectivity index (χ0v) is 66.6. The number of aryl methyl sites for hydroxylation is 2. The van der Waals surface area contributed by atoms with Gasteiger partial charge in [0, 0.05) is 61.4 Å². The summed E-state index contributed by atoms with van der Waals surface area (Å²) >= 11 is 0. The SMILES string of the molecule is Cc1ccc2c(c1)c1cc(C)ccc1n2-c1cc2c3c(c1)N(c1ccc(-c4ccc5c(c4)C(C)(C)CCC5(C)C)cc1)c1cc(-n4c5ccc(C(C)(C)C)cc5c5cc(C(C)(C)C)ccc54)ccc1B3c1cc(-c3ccccc3C(C)(C)C)ccc1N2c1ccc(-c2ccc3c(c2)C(C)(C)CCC3(C)C)cc1. The molecular weight excluding hydrogens is 1290 g/mol. The van der Waals surface area contributed by atoms with Gasteiger partial charge >= 0.3 is 0 Å². The second-order valence-corrected chi connectivity index (χ2v) is 38.1. The Morgan fingerprint density at radius 1 is 0.299 bits per heavy atom. The van der Waals surface area contributed by atoms with E-state index >= 15 is 0 Å². The fourth-order valence-corrected chi connectivity index (χ4v) is 19.3. The Hall–Kier alpha value is -10.1. The Balaban J connectivity index is 0.936. The smallest absolute Gasteiger partial charge is 0.252 e. The molecule has 5 heteroatoms. The van der Waals surface area contributed by atoms with Crippen molar-refractivity contribution in [1.29, 1.82) is 0 Å². The van der Waals surface area contributed by atoms with Gasteiger partial charge in [-0.15, -0.1) is 0 Å². The molecule has 0 saturated carbocycles. The Kier molecular flexibility index (Phi) is 15.2. The van der Waals surface area contributed by atoms with E-state index in [1.165, 1.54) is 181 Å². The maximum atomic E-state index is 2.66. The predicted molar refractivity (Wildman–Crippen MR) is 462 cm³/mol. The third-order valence-electron chi connectivity index (χ3n) is 25.8. The highest BCUT2D eigenvalue weighted by molar-refractivity contribution is 7.00. The van der Waals surface area contributed by atoms with Crippen molar-refractivity contribution >= 4 is 101 Å².